The third kappa shape index (κ3) is 5.27. The summed E-state index contributed by atoms with van der Waals surface area (Å²) >= 11 is 0. The maximum Gasteiger partial charge on any atom is 0.416 e. The van der Waals surface area contributed by atoms with Crippen LogP contribution in [0.5, 0.6) is 5.75 Å². The van der Waals surface area contributed by atoms with Gasteiger partial charge in [-0.05, 0) is 36.4 Å². The second kappa shape index (κ2) is 9.12. The van der Waals surface area contributed by atoms with Crippen molar-refractivity contribution in [2.24, 2.45) is 0 Å². The monoisotopic (exact) mass is 459 g/mol. The number of nitrogens with zero attached hydrogens (tertiary/aromatic N) is 1. The molecule has 0 aromatic heterocycles. The first kappa shape index (κ1) is 22.8. The zero-order valence-corrected chi connectivity index (χ0v) is 17.2. The summed E-state index contributed by atoms with van der Waals surface area (Å²) in [5, 5.41) is 0. The second-order valence-corrected chi connectivity index (χ2v) is 8.45. The van der Waals surface area contributed by atoms with Crippen molar-refractivity contribution in [1.82, 2.24) is 9.73 Å². The fourth-order valence-corrected chi connectivity index (χ4v) is 4.51. The van der Waals surface area contributed by atoms with E-state index in [0.29, 0.717) is 0 Å². The van der Waals surface area contributed by atoms with Crippen LogP contribution in [0.2, 0.25) is 0 Å². The molecular formula is C19H20F3N3O5S. The van der Waals surface area contributed by atoms with Crippen LogP contribution >= 0.6 is 0 Å². The van der Waals surface area contributed by atoms with Crippen molar-refractivity contribution < 1.29 is 35.9 Å². The highest BCUT2D eigenvalue weighted by Gasteiger charge is 2.31. The number of hydrazine groups is 1. The summed E-state index contributed by atoms with van der Waals surface area (Å²) in [5.41, 5.74) is 3.77. The quantitative estimate of drug-likeness (QED) is 0.645. The number of amides is 1. The van der Waals surface area contributed by atoms with E-state index < -0.39 is 27.7 Å². The van der Waals surface area contributed by atoms with E-state index in [4.69, 9.17) is 9.47 Å². The fourth-order valence-electron chi connectivity index (χ4n) is 2.92. The summed E-state index contributed by atoms with van der Waals surface area (Å²) in [7, 11) is -2.64. The van der Waals surface area contributed by atoms with E-state index in [2.05, 4.69) is 10.9 Å². The van der Waals surface area contributed by atoms with Crippen molar-refractivity contribution in [2.75, 3.05) is 38.8 Å². The van der Waals surface area contributed by atoms with Gasteiger partial charge in [0, 0.05) is 18.7 Å². The predicted molar refractivity (Wildman–Crippen MR) is 105 cm³/mol. The van der Waals surface area contributed by atoms with Crippen LogP contribution in [0, 0.1) is 0 Å². The molecule has 2 N–H and O–H groups in total. The van der Waals surface area contributed by atoms with Crippen molar-refractivity contribution in [1.29, 1.82) is 0 Å². The molecule has 8 nitrogen and oxygen atoms in total. The summed E-state index contributed by atoms with van der Waals surface area (Å²) in [4.78, 5) is 12.3. The number of sulfonamides is 1. The molecule has 3 rings (SSSR count). The molecule has 1 heterocycles. The van der Waals surface area contributed by atoms with Crippen LogP contribution in [-0.4, -0.2) is 52.0 Å². The van der Waals surface area contributed by atoms with E-state index >= 15 is 0 Å². The number of halogens is 3. The number of benzene rings is 2. The lowest BCUT2D eigenvalue weighted by Crippen LogP contribution is -2.40. The highest BCUT2D eigenvalue weighted by molar-refractivity contribution is 7.89. The lowest BCUT2D eigenvalue weighted by Gasteiger charge is -2.26. The highest BCUT2D eigenvalue weighted by Crippen LogP contribution is 2.31. The Morgan fingerprint density at radius 2 is 1.84 bits per heavy atom. The minimum Gasteiger partial charge on any atom is -0.495 e. The molecule has 2 aromatic rings. The van der Waals surface area contributed by atoms with Gasteiger partial charge in [-0.2, -0.15) is 17.5 Å². The molecule has 2 aromatic carbocycles. The number of ether oxygens (including phenoxy) is 2. The molecule has 0 aliphatic carbocycles. The zero-order chi connectivity index (χ0) is 22.6. The number of alkyl halides is 3. The Hall–Kier alpha value is -2.83. The standard InChI is InChI=1S/C19H20F3N3O5S/c1-29-16-6-5-13(11-17(16)31(27,28)25-7-9-30-10-8-25)18(26)24-23-15-4-2-3-14(12-15)19(20,21)22/h2-6,11-12,23H,7-10H2,1H3,(H,24,26). The van der Waals surface area contributed by atoms with Gasteiger partial charge in [-0.15, -0.1) is 0 Å². The molecule has 0 unspecified atom stereocenters. The molecule has 0 atom stereocenters. The van der Waals surface area contributed by atoms with Gasteiger partial charge in [0.2, 0.25) is 10.0 Å². The number of carbonyl (C=O) groups is 1. The molecule has 31 heavy (non-hydrogen) atoms. The van der Waals surface area contributed by atoms with Gasteiger partial charge >= 0.3 is 6.18 Å². The van der Waals surface area contributed by atoms with Crippen LogP contribution in [0.4, 0.5) is 18.9 Å². The number of rotatable bonds is 6. The van der Waals surface area contributed by atoms with Crippen molar-refractivity contribution in [3.05, 3.63) is 53.6 Å². The minimum absolute atomic E-state index is 0.0119. The number of methoxy groups -OCH3 is 1. The smallest absolute Gasteiger partial charge is 0.416 e. The fraction of sp³-hybridized carbons (Fsp3) is 0.316. The number of hydrogen-bond acceptors (Lipinski definition) is 6. The normalized spacial score (nSPS) is 15.4. The van der Waals surface area contributed by atoms with Gasteiger partial charge in [-0.1, -0.05) is 6.07 Å². The van der Waals surface area contributed by atoms with Gasteiger partial charge < -0.3 is 9.47 Å². The van der Waals surface area contributed by atoms with Crippen molar-refractivity contribution in [3.63, 3.8) is 0 Å². The van der Waals surface area contributed by atoms with Crippen LogP contribution in [-0.2, 0) is 20.9 Å². The van der Waals surface area contributed by atoms with Gasteiger partial charge in [-0.3, -0.25) is 15.6 Å². The molecule has 12 heteroatoms. The third-order valence-electron chi connectivity index (χ3n) is 4.52. The molecule has 1 aliphatic rings. The van der Waals surface area contributed by atoms with E-state index in [1.54, 1.807) is 0 Å². The van der Waals surface area contributed by atoms with Crippen LogP contribution in [0.3, 0.4) is 0 Å². The summed E-state index contributed by atoms with van der Waals surface area (Å²) in [6, 6.07) is 8.12. The van der Waals surface area contributed by atoms with Gasteiger partial charge in [-0.25, -0.2) is 8.42 Å². The topological polar surface area (TPSA) is 97.0 Å². The van der Waals surface area contributed by atoms with Gasteiger partial charge in [0.1, 0.15) is 10.6 Å². The van der Waals surface area contributed by atoms with Gasteiger partial charge in [0.15, 0.2) is 0 Å². The Bertz CT molecular complexity index is 1050. The van der Waals surface area contributed by atoms with E-state index in [1.165, 1.54) is 35.7 Å². The van der Waals surface area contributed by atoms with E-state index in [-0.39, 0.29) is 48.2 Å². The molecule has 0 saturated carbocycles. The summed E-state index contributed by atoms with van der Waals surface area (Å²) in [6.45, 7) is 0.837. The first-order valence-electron chi connectivity index (χ1n) is 9.12. The molecule has 1 amide bonds. The number of anilines is 1. The average Bonchev–Trinajstić information content (AvgIpc) is 2.77. The predicted octanol–water partition coefficient (Wildman–Crippen LogP) is 2.49. The number of nitrogens with one attached hydrogen (secondary N) is 2. The molecule has 168 valence electrons. The van der Waals surface area contributed by atoms with Crippen molar-refractivity contribution in [2.45, 2.75) is 11.1 Å². The maximum atomic E-state index is 13.0. The SMILES string of the molecule is COc1ccc(C(=O)NNc2cccc(C(F)(F)F)c2)cc1S(=O)(=O)N1CCOCC1. The molecule has 1 saturated heterocycles. The summed E-state index contributed by atoms with van der Waals surface area (Å²) in [5.74, 6) is -0.674. The summed E-state index contributed by atoms with van der Waals surface area (Å²) in [6.07, 6.45) is -4.53. The Kier molecular flexibility index (Phi) is 6.72. The summed E-state index contributed by atoms with van der Waals surface area (Å²) < 4.78 is 76.0. The Morgan fingerprint density at radius 3 is 2.48 bits per heavy atom. The zero-order valence-electron chi connectivity index (χ0n) is 16.4. The Labute approximate surface area is 177 Å². The minimum atomic E-state index is -4.53. The van der Waals surface area contributed by atoms with Crippen molar-refractivity contribution >= 4 is 21.6 Å². The van der Waals surface area contributed by atoms with Crippen LogP contribution in [0.1, 0.15) is 15.9 Å². The largest absolute Gasteiger partial charge is 0.495 e. The molecular weight excluding hydrogens is 439 g/mol. The van der Waals surface area contributed by atoms with E-state index in [0.717, 1.165) is 18.2 Å². The van der Waals surface area contributed by atoms with Gasteiger partial charge in [0.05, 0.1) is 31.6 Å². The number of morpholine rings is 1. The van der Waals surface area contributed by atoms with Crippen LogP contribution < -0.4 is 15.6 Å². The molecule has 1 fully saturated rings. The van der Waals surface area contributed by atoms with Crippen LogP contribution in [0.15, 0.2) is 47.4 Å². The molecule has 0 radical (unpaired) electrons. The number of hydrogen-bond donors (Lipinski definition) is 2. The molecule has 0 spiro atoms. The van der Waals surface area contributed by atoms with E-state index in [1.807, 2.05) is 0 Å². The first-order valence-corrected chi connectivity index (χ1v) is 10.6. The van der Waals surface area contributed by atoms with E-state index in [9.17, 15) is 26.4 Å². The Morgan fingerprint density at radius 1 is 1.13 bits per heavy atom. The lowest BCUT2D eigenvalue weighted by molar-refractivity contribution is -0.137. The highest BCUT2D eigenvalue weighted by atomic mass is 32.2. The Balaban J connectivity index is 1.80. The maximum absolute atomic E-state index is 13.0. The van der Waals surface area contributed by atoms with Crippen molar-refractivity contribution in [3.8, 4) is 5.75 Å². The van der Waals surface area contributed by atoms with Crippen LogP contribution in [0.25, 0.3) is 0 Å². The average molecular weight is 459 g/mol. The number of carbonyl (C=O) groups excluding carboxylic acids is 1. The molecule has 1 aliphatic heterocycles. The molecule has 0 bridgehead atoms. The second-order valence-electron chi connectivity index (χ2n) is 6.54. The third-order valence-corrected chi connectivity index (χ3v) is 6.44. The first-order chi connectivity index (χ1) is 14.6. The van der Waals surface area contributed by atoms with Gasteiger partial charge in [0.25, 0.3) is 5.91 Å². The lowest BCUT2D eigenvalue weighted by atomic mass is 10.2.